The van der Waals surface area contributed by atoms with E-state index in [9.17, 15) is 4.79 Å². The zero-order valence-corrected chi connectivity index (χ0v) is 18.0. The third-order valence-corrected chi connectivity index (χ3v) is 9.92. The third kappa shape index (κ3) is 4.87. The molecule has 1 aliphatic rings. The van der Waals surface area contributed by atoms with E-state index in [1.807, 2.05) is 31.2 Å². The molecule has 0 spiro atoms. The molecule has 0 bridgehead atoms. The van der Waals surface area contributed by atoms with Gasteiger partial charge in [0.2, 0.25) is 0 Å². The highest BCUT2D eigenvalue weighted by atomic mass is 28.4. The van der Waals surface area contributed by atoms with Crippen molar-refractivity contribution in [2.45, 2.75) is 64.6 Å². The molecule has 1 fully saturated rings. The molecule has 0 N–H and O–H groups in total. The van der Waals surface area contributed by atoms with Crippen LogP contribution in [0.2, 0.25) is 18.1 Å². The number of hydrogen-bond donors (Lipinski definition) is 0. The lowest BCUT2D eigenvalue weighted by molar-refractivity contribution is -0.146. The molecule has 26 heavy (non-hydrogen) atoms. The molecule has 2 rings (SSSR count). The molecular formula is C20H32O5Si. The average molecular weight is 381 g/mol. The van der Waals surface area contributed by atoms with Crippen molar-refractivity contribution in [2.24, 2.45) is 5.92 Å². The lowest BCUT2D eigenvalue weighted by Gasteiger charge is -2.39. The second-order valence-corrected chi connectivity index (χ2v) is 13.2. The summed E-state index contributed by atoms with van der Waals surface area (Å²) >= 11 is 0. The van der Waals surface area contributed by atoms with Gasteiger partial charge in [-0.2, -0.15) is 0 Å². The number of rotatable bonds is 7. The topological polar surface area (TPSA) is 54.0 Å². The molecule has 1 heterocycles. The van der Waals surface area contributed by atoms with E-state index in [-0.39, 0.29) is 29.1 Å². The number of hydrogen-bond acceptors (Lipinski definition) is 5. The van der Waals surface area contributed by atoms with Crippen LogP contribution in [-0.2, 0) is 25.3 Å². The zero-order chi connectivity index (χ0) is 19.5. The van der Waals surface area contributed by atoms with Crippen molar-refractivity contribution in [1.29, 1.82) is 0 Å². The summed E-state index contributed by atoms with van der Waals surface area (Å²) in [6.45, 7) is 13.6. The van der Waals surface area contributed by atoms with Crippen molar-refractivity contribution >= 4 is 14.3 Å². The van der Waals surface area contributed by atoms with Crippen molar-refractivity contribution in [3.05, 3.63) is 29.8 Å². The van der Waals surface area contributed by atoms with Gasteiger partial charge < -0.3 is 18.6 Å². The summed E-state index contributed by atoms with van der Waals surface area (Å²) < 4.78 is 23.0. The average Bonchev–Trinajstić information content (AvgIpc) is 2.82. The number of carbonyl (C=O) groups excluding carboxylic acids is 1. The molecule has 1 saturated heterocycles. The van der Waals surface area contributed by atoms with Gasteiger partial charge in [-0.25, -0.2) is 0 Å². The van der Waals surface area contributed by atoms with Gasteiger partial charge in [0.1, 0.15) is 5.75 Å². The van der Waals surface area contributed by atoms with E-state index in [1.54, 1.807) is 7.11 Å². The first-order chi connectivity index (χ1) is 12.0. The minimum absolute atomic E-state index is 0.0762. The van der Waals surface area contributed by atoms with Crippen LogP contribution in [-0.4, -0.2) is 40.2 Å². The summed E-state index contributed by atoms with van der Waals surface area (Å²) in [5, 5.41) is 0.0762. The monoisotopic (exact) mass is 380 g/mol. The SMILES string of the molecule is COc1ccc(COC[C@@H]2OC(=O)[C@@H](C)[C@@H]2O[Si](C)(C)C(C)(C)C)cc1. The fourth-order valence-electron chi connectivity index (χ4n) is 2.62. The van der Waals surface area contributed by atoms with Crippen molar-refractivity contribution in [1.82, 2.24) is 0 Å². The van der Waals surface area contributed by atoms with Crippen LogP contribution >= 0.6 is 0 Å². The Morgan fingerprint density at radius 1 is 1.15 bits per heavy atom. The molecule has 1 aromatic rings. The van der Waals surface area contributed by atoms with E-state index in [2.05, 4.69) is 33.9 Å². The highest BCUT2D eigenvalue weighted by Crippen LogP contribution is 2.40. The van der Waals surface area contributed by atoms with Gasteiger partial charge in [0.15, 0.2) is 14.4 Å². The molecule has 1 aromatic carbocycles. The highest BCUT2D eigenvalue weighted by molar-refractivity contribution is 6.74. The maximum Gasteiger partial charge on any atom is 0.311 e. The molecule has 146 valence electrons. The summed E-state index contributed by atoms with van der Waals surface area (Å²) in [7, 11) is -0.356. The van der Waals surface area contributed by atoms with Gasteiger partial charge in [-0.3, -0.25) is 4.79 Å². The standard InChI is InChI=1S/C20H32O5Si/c1-14-18(25-26(6,7)20(2,3)4)17(24-19(14)21)13-23-12-15-8-10-16(22-5)11-9-15/h8-11,14,17-18H,12-13H2,1-7H3/t14-,17-,18-/m0/s1. The molecule has 5 nitrogen and oxygen atoms in total. The molecule has 6 heteroatoms. The summed E-state index contributed by atoms with van der Waals surface area (Å²) in [4.78, 5) is 12.1. The molecule has 1 aliphatic heterocycles. The molecule has 0 aliphatic carbocycles. The Kier molecular flexibility index (Phi) is 6.53. The fourth-order valence-corrected chi connectivity index (χ4v) is 4.01. The number of carbonyl (C=O) groups is 1. The quantitative estimate of drug-likeness (QED) is 0.525. The normalized spacial score (nSPS) is 23.8. The van der Waals surface area contributed by atoms with E-state index in [0.717, 1.165) is 11.3 Å². The maximum atomic E-state index is 12.1. The highest BCUT2D eigenvalue weighted by Gasteiger charge is 2.48. The Balaban J connectivity index is 1.96. The third-order valence-electron chi connectivity index (χ3n) is 5.45. The van der Waals surface area contributed by atoms with Crippen molar-refractivity contribution < 1.29 is 23.4 Å². The van der Waals surface area contributed by atoms with Crippen LogP contribution in [0, 0.1) is 5.92 Å². The van der Waals surface area contributed by atoms with E-state index in [0.29, 0.717) is 13.2 Å². The Labute approximate surface area is 158 Å². The van der Waals surface area contributed by atoms with E-state index >= 15 is 0 Å². The van der Waals surface area contributed by atoms with Crippen LogP contribution < -0.4 is 4.74 Å². The van der Waals surface area contributed by atoms with Crippen molar-refractivity contribution in [3.63, 3.8) is 0 Å². The predicted octanol–water partition coefficient (Wildman–Crippen LogP) is 4.16. The lowest BCUT2D eigenvalue weighted by Crippen LogP contribution is -2.48. The number of esters is 1. The van der Waals surface area contributed by atoms with Crippen molar-refractivity contribution in [3.8, 4) is 5.75 Å². The minimum Gasteiger partial charge on any atom is -0.497 e. The van der Waals surface area contributed by atoms with Gasteiger partial charge in [0, 0.05) is 0 Å². The Hall–Kier alpha value is -1.37. The number of cyclic esters (lactones) is 1. The number of ether oxygens (including phenoxy) is 3. The summed E-state index contributed by atoms with van der Waals surface area (Å²) in [5.74, 6) is 0.348. The van der Waals surface area contributed by atoms with Gasteiger partial charge in [0.25, 0.3) is 0 Å². The summed E-state index contributed by atoms with van der Waals surface area (Å²) in [6, 6.07) is 7.73. The molecule has 0 aromatic heterocycles. The first-order valence-electron chi connectivity index (χ1n) is 9.14. The zero-order valence-electron chi connectivity index (χ0n) is 17.0. The molecular weight excluding hydrogens is 348 g/mol. The van der Waals surface area contributed by atoms with Crippen molar-refractivity contribution in [2.75, 3.05) is 13.7 Å². The number of benzene rings is 1. The molecule has 0 unspecified atom stereocenters. The van der Waals surface area contributed by atoms with E-state index < -0.39 is 8.32 Å². The number of methoxy groups -OCH3 is 1. The molecule has 0 saturated carbocycles. The molecule has 0 radical (unpaired) electrons. The van der Waals surface area contributed by atoms with Crippen LogP contribution in [0.25, 0.3) is 0 Å². The second kappa shape index (κ2) is 8.11. The van der Waals surface area contributed by atoms with E-state index in [4.69, 9.17) is 18.6 Å². The lowest BCUT2D eigenvalue weighted by atomic mass is 10.0. The minimum atomic E-state index is -2.00. The van der Waals surface area contributed by atoms with Crippen LogP contribution in [0.4, 0.5) is 0 Å². The van der Waals surface area contributed by atoms with Crippen LogP contribution in [0.1, 0.15) is 33.3 Å². The maximum absolute atomic E-state index is 12.1. The summed E-state index contributed by atoms with van der Waals surface area (Å²) in [6.07, 6.45) is -0.607. The van der Waals surface area contributed by atoms with Crippen LogP contribution in [0.3, 0.4) is 0 Å². The first-order valence-corrected chi connectivity index (χ1v) is 12.0. The molecule has 0 amide bonds. The van der Waals surface area contributed by atoms with Gasteiger partial charge in [0.05, 0.1) is 32.3 Å². The summed E-state index contributed by atoms with van der Waals surface area (Å²) in [5.41, 5.74) is 1.05. The second-order valence-electron chi connectivity index (χ2n) is 8.47. The largest absolute Gasteiger partial charge is 0.497 e. The van der Waals surface area contributed by atoms with Gasteiger partial charge in [-0.1, -0.05) is 32.9 Å². The Morgan fingerprint density at radius 2 is 1.77 bits per heavy atom. The van der Waals surface area contributed by atoms with Gasteiger partial charge in [-0.05, 0) is 42.8 Å². The first kappa shape index (κ1) is 20.9. The van der Waals surface area contributed by atoms with Gasteiger partial charge in [-0.15, -0.1) is 0 Å². The Morgan fingerprint density at radius 3 is 2.31 bits per heavy atom. The van der Waals surface area contributed by atoms with E-state index in [1.165, 1.54) is 0 Å². The van der Waals surface area contributed by atoms with Crippen LogP contribution in [0.15, 0.2) is 24.3 Å². The molecule has 3 atom stereocenters. The van der Waals surface area contributed by atoms with Gasteiger partial charge >= 0.3 is 5.97 Å². The predicted molar refractivity (Wildman–Crippen MR) is 104 cm³/mol. The van der Waals surface area contributed by atoms with Crippen LogP contribution in [0.5, 0.6) is 5.75 Å². The fraction of sp³-hybridized carbons (Fsp3) is 0.650. The smallest absolute Gasteiger partial charge is 0.311 e. The Bertz CT molecular complexity index is 606.